The molecule has 0 aliphatic carbocycles. The molecule has 0 aliphatic rings. The third-order valence-electron chi connectivity index (χ3n) is 3.36. The molecule has 0 bridgehead atoms. The van der Waals surface area contributed by atoms with E-state index >= 15 is 0 Å². The van der Waals surface area contributed by atoms with Crippen LogP contribution in [0.3, 0.4) is 0 Å². The van der Waals surface area contributed by atoms with Crippen molar-refractivity contribution in [1.82, 2.24) is 5.32 Å². The van der Waals surface area contributed by atoms with E-state index in [1.54, 1.807) is 24.3 Å². The highest BCUT2D eigenvalue weighted by Gasteiger charge is 2.05. The molecule has 0 aliphatic heterocycles. The number of esters is 1. The van der Waals surface area contributed by atoms with Crippen molar-refractivity contribution >= 4 is 29.6 Å². The van der Waals surface area contributed by atoms with Crippen LogP contribution in [0.4, 0.5) is 4.39 Å². The summed E-state index contributed by atoms with van der Waals surface area (Å²) in [5.74, 6) is -1.41. The molecule has 0 spiro atoms. The Hall–Kier alpha value is -2.66. The second-order valence-corrected chi connectivity index (χ2v) is 5.76. The van der Waals surface area contributed by atoms with Crippen LogP contribution in [0.5, 0.6) is 0 Å². The fourth-order valence-electron chi connectivity index (χ4n) is 1.92. The summed E-state index contributed by atoms with van der Waals surface area (Å²) in [7, 11) is 0. The van der Waals surface area contributed by atoms with Crippen molar-refractivity contribution in [3.8, 4) is 0 Å². The highest BCUT2D eigenvalue weighted by Crippen LogP contribution is 2.17. The van der Waals surface area contributed by atoms with E-state index in [0.717, 1.165) is 16.7 Å². The normalized spacial score (nSPS) is 10.7. The maximum atomic E-state index is 12.8. The first-order chi connectivity index (χ1) is 11.9. The van der Waals surface area contributed by atoms with Gasteiger partial charge in [-0.05, 0) is 47.9 Å². The Bertz CT molecular complexity index is 788. The number of halogens is 2. The van der Waals surface area contributed by atoms with Crippen molar-refractivity contribution < 1.29 is 18.7 Å². The molecule has 0 saturated heterocycles. The Morgan fingerprint density at radius 3 is 2.60 bits per heavy atom. The summed E-state index contributed by atoms with van der Waals surface area (Å²) in [6.07, 6.45) is 2.79. The number of aryl methyl sites for hydroxylation is 1. The molecule has 0 fully saturated rings. The number of amides is 1. The number of nitrogens with one attached hydrogen (secondary N) is 1. The van der Waals surface area contributed by atoms with Gasteiger partial charge in [-0.2, -0.15) is 0 Å². The van der Waals surface area contributed by atoms with Gasteiger partial charge in [-0.25, -0.2) is 9.18 Å². The van der Waals surface area contributed by atoms with Crippen LogP contribution < -0.4 is 5.32 Å². The predicted octanol–water partition coefficient (Wildman–Crippen LogP) is 3.66. The van der Waals surface area contributed by atoms with Gasteiger partial charge < -0.3 is 10.1 Å². The van der Waals surface area contributed by atoms with Crippen LogP contribution in [0.15, 0.2) is 48.5 Å². The number of carbonyl (C=O) groups is 2. The van der Waals surface area contributed by atoms with Crippen LogP contribution in [0.2, 0.25) is 5.02 Å². The molecule has 0 atom stereocenters. The molecule has 25 heavy (non-hydrogen) atoms. The quantitative estimate of drug-likeness (QED) is 0.631. The first kappa shape index (κ1) is 18.7. The van der Waals surface area contributed by atoms with Crippen molar-refractivity contribution in [1.29, 1.82) is 0 Å². The van der Waals surface area contributed by atoms with E-state index in [0.29, 0.717) is 5.02 Å². The summed E-state index contributed by atoms with van der Waals surface area (Å²) in [5.41, 5.74) is 2.45. The largest absolute Gasteiger partial charge is 0.452 e. The summed E-state index contributed by atoms with van der Waals surface area (Å²) in [6.45, 7) is 1.72. The summed E-state index contributed by atoms with van der Waals surface area (Å²) in [5, 5.41) is 3.19. The zero-order valence-corrected chi connectivity index (χ0v) is 14.3. The van der Waals surface area contributed by atoms with Gasteiger partial charge in [0, 0.05) is 17.6 Å². The minimum atomic E-state index is -0.631. The number of hydrogen-bond acceptors (Lipinski definition) is 3. The molecule has 0 saturated carbocycles. The van der Waals surface area contributed by atoms with Crippen LogP contribution in [-0.2, 0) is 20.9 Å². The van der Waals surface area contributed by atoms with E-state index in [1.807, 2.05) is 19.1 Å². The maximum absolute atomic E-state index is 12.8. The van der Waals surface area contributed by atoms with E-state index in [4.69, 9.17) is 16.3 Å². The lowest BCUT2D eigenvalue weighted by Gasteiger charge is -2.05. The molecule has 6 heteroatoms. The maximum Gasteiger partial charge on any atom is 0.331 e. The molecule has 0 unspecified atom stereocenters. The molecule has 2 aromatic rings. The minimum Gasteiger partial charge on any atom is -0.452 e. The number of hydrogen-bond donors (Lipinski definition) is 1. The van der Waals surface area contributed by atoms with E-state index in [9.17, 15) is 14.0 Å². The predicted molar refractivity (Wildman–Crippen MR) is 94.4 cm³/mol. The zero-order chi connectivity index (χ0) is 18.2. The Balaban J connectivity index is 1.75. The number of rotatable bonds is 6. The molecule has 0 heterocycles. The first-order valence-electron chi connectivity index (χ1n) is 7.56. The van der Waals surface area contributed by atoms with Gasteiger partial charge in [-0.15, -0.1) is 0 Å². The molecule has 0 aromatic heterocycles. The lowest BCUT2D eigenvalue weighted by atomic mass is 10.1. The van der Waals surface area contributed by atoms with Gasteiger partial charge >= 0.3 is 5.97 Å². The van der Waals surface area contributed by atoms with Crippen molar-refractivity contribution in [3.63, 3.8) is 0 Å². The fourth-order valence-corrected chi connectivity index (χ4v) is 2.10. The van der Waals surface area contributed by atoms with Crippen molar-refractivity contribution in [2.24, 2.45) is 0 Å². The van der Waals surface area contributed by atoms with Crippen molar-refractivity contribution in [2.75, 3.05) is 6.61 Å². The van der Waals surface area contributed by atoms with E-state index in [1.165, 1.54) is 18.2 Å². The van der Waals surface area contributed by atoms with Gasteiger partial charge in [-0.3, -0.25) is 4.79 Å². The average Bonchev–Trinajstić information content (AvgIpc) is 2.60. The van der Waals surface area contributed by atoms with Gasteiger partial charge in [0.25, 0.3) is 5.91 Å². The second-order valence-electron chi connectivity index (χ2n) is 5.35. The van der Waals surface area contributed by atoms with Gasteiger partial charge in [0.1, 0.15) is 5.82 Å². The summed E-state index contributed by atoms with van der Waals surface area (Å²) < 4.78 is 17.6. The van der Waals surface area contributed by atoms with E-state index in [2.05, 4.69) is 5.32 Å². The zero-order valence-electron chi connectivity index (χ0n) is 13.6. The third-order valence-corrected chi connectivity index (χ3v) is 3.76. The first-order valence-corrected chi connectivity index (χ1v) is 7.94. The van der Waals surface area contributed by atoms with Gasteiger partial charge in [-0.1, -0.05) is 35.9 Å². The summed E-state index contributed by atoms with van der Waals surface area (Å²) in [6, 6.07) is 11.1. The number of carbonyl (C=O) groups excluding carboxylic acids is 2. The summed E-state index contributed by atoms with van der Waals surface area (Å²) >= 11 is 6.00. The molecule has 130 valence electrons. The van der Waals surface area contributed by atoms with Gasteiger partial charge in [0.05, 0.1) is 0 Å². The Morgan fingerprint density at radius 1 is 1.20 bits per heavy atom. The Labute approximate surface area is 150 Å². The van der Waals surface area contributed by atoms with Gasteiger partial charge in [0.15, 0.2) is 6.61 Å². The van der Waals surface area contributed by atoms with Crippen molar-refractivity contribution in [2.45, 2.75) is 13.5 Å². The lowest BCUT2D eigenvalue weighted by Crippen LogP contribution is -2.28. The van der Waals surface area contributed by atoms with Crippen LogP contribution in [0, 0.1) is 12.7 Å². The van der Waals surface area contributed by atoms with Crippen LogP contribution in [-0.4, -0.2) is 18.5 Å². The Morgan fingerprint density at radius 2 is 1.92 bits per heavy atom. The minimum absolute atomic E-state index is 0.231. The van der Waals surface area contributed by atoms with Crippen LogP contribution in [0.1, 0.15) is 16.7 Å². The molecule has 2 aromatic carbocycles. The highest BCUT2D eigenvalue weighted by molar-refractivity contribution is 6.31. The molecule has 1 amide bonds. The SMILES string of the molecule is Cc1ccc(/C=C/C(=O)OCC(=O)NCc2ccc(F)cc2)cc1Cl. The lowest BCUT2D eigenvalue weighted by molar-refractivity contribution is -0.143. The van der Waals surface area contributed by atoms with Crippen molar-refractivity contribution in [3.05, 3.63) is 76.1 Å². The smallest absolute Gasteiger partial charge is 0.331 e. The van der Waals surface area contributed by atoms with Crippen LogP contribution >= 0.6 is 11.6 Å². The Kier molecular flexibility index (Phi) is 6.71. The van der Waals surface area contributed by atoms with Crippen LogP contribution in [0.25, 0.3) is 6.08 Å². The van der Waals surface area contributed by atoms with Gasteiger partial charge in [0.2, 0.25) is 0 Å². The fraction of sp³-hybridized carbons (Fsp3) is 0.158. The summed E-state index contributed by atoms with van der Waals surface area (Å²) in [4.78, 5) is 23.3. The molecule has 0 radical (unpaired) electrons. The number of benzene rings is 2. The molecule has 2 rings (SSSR count). The topological polar surface area (TPSA) is 55.4 Å². The highest BCUT2D eigenvalue weighted by atomic mass is 35.5. The standard InChI is InChI=1S/C19H17ClFNO3/c1-13-2-3-14(10-17(13)20)6-9-19(24)25-12-18(23)22-11-15-4-7-16(21)8-5-15/h2-10H,11-12H2,1H3,(H,22,23)/b9-6+. The van der Waals surface area contributed by atoms with E-state index in [-0.39, 0.29) is 19.0 Å². The molecular formula is C19H17ClFNO3. The molecular weight excluding hydrogens is 345 g/mol. The second kappa shape index (κ2) is 8.99. The monoisotopic (exact) mass is 361 g/mol. The average molecular weight is 362 g/mol. The van der Waals surface area contributed by atoms with E-state index < -0.39 is 11.9 Å². The number of ether oxygens (including phenoxy) is 1. The third kappa shape index (κ3) is 6.39. The molecule has 4 nitrogen and oxygen atoms in total. The molecule has 1 N–H and O–H groups in total.